The Hall–Kier alpha value is -1.26. The molecule has 2 heterocycles. The van der Waals surface area contributed by atoms with Crippen molar-refractivity contribution < 1.29 is 14.6 Å². The second-order valence-corrected chi connectivity index (χ2v) is 5.26. The van der Waals surface area contributed by atoms with Gasteiger partial charge in [0, 0.05) is 0 Å². The van der Waals surface area contributed by atoms with Gasteiger partial charge in [-0.25, -0.2) is 0 Å². The van der Waals surface area contributed by atoms with Crippen LogP contribution in [0.15, 0.2) is 24.3 Å². The van der Waals surface area contributed by atoms with Crippen molar-refractivity contribution in [3.05, 3.63) is 24.3 Å². The maximum absolute atomic E-state index is 9.70. The molecular weight excluding hydrogens is 242 g/mol. The molecule has 2 aliphatic heterocycles. The van der Waals surface area contributed by atoms with Crippen molar-refractivity contribution in [2.75, 3.05) is 26.3 Å². The molecule has 1 aromatic rings. The second-order valence-electron chi connectivity index (χ2n) is 5.26. The van der Waals surface area contributed by atoms with Crippen LogP contribution >= 0.6 is 0 Å². The molecule has 1 fully saturated rings. The molecule has 104 valence electrons. The van der Waals surface area contributed by atoms with Gasteiger partial charge in [0.1, 0.15) is 6.61 Å². The van der Waals surface area contributed by atoms with Crippen LogP contribution in [0.5, 0.6) is 11.5 Å². The van der Waals surface area contributed by atoms with Crippen molar-refractivity contribution in [2.45, 2.75) is 31.4 Å². The van der Waals surface area contributed by atoms with Gasteiger partial charge < -0.3 is 14.6 Å². The molecule has 0 aromatic heterocycles. The van der Waals surface area contributed by atoms with E-state index >= 15 is 0 Å². The molecule has 2 aliphatic rings. The number of hydrogen-bond donors (Lipinski definition) is 1. The summed E-state index contributed by atoms with van der Waals surface area (Å²) in [5.74, 6) is 1.59. The lowest BCUT2D eigenvalue weighted by atomic mass is 10.0. The molecule has 0 radical (unpaired) electrons. The van der Waals surface area contributed by atoms with Crippen LogP contribution in [-0.2, 0) is 0 Å². The number of likely N-dealkylation sites (tertiary alicyclic amines) is 1. The zero-order valence-corrected chi connectivity index (χ0v) is 11.1. The van der Waals surface area contributed by atoms with E-state index in [1.54, 1.807) is 0 Å². The summed E-state index contributed by atoms with van der Waals surface area (Å²) in [6, 6.07) is 7.76. The maximum atomic E-state index is 9.70. The van der Waals surface area contributed by atoms with Crippen LogP contribution in [-0.4, -0.2) is 48.5 Å². The number of aliphatic hydroxyl groups excluding tert-OH is 1. The summed E-state index contributed by atoms with van der Waals surface area (Å²) in [7, 11) is 0. The van der Waals surface area contributed by atoms with Crippen LogP contribution in [0.25, 0.3) is 0 Å². The van der Waals surface area contributed by atoms with E-state index in [0.717, 1.165) is 24.6 Å². The summed E-state index contributed by atoms with van der Waals surface area (Å²) in [6.45, 7) is 2.73. The van der Waals surface area contributed by atoms with E-state index in [1.165, 1.54) is 19.3 Å². The Balaban J connectivity index is 1.71. The highest BCUT2D eigenvalue weighted by Gasteiger charge is 2.33. The lowest BCUT2D eigenvalue weighted by Gasteiger charge is -2.39. The number of fused-ring (bicyclic) bond motifs is 1. The first-order chi connectivity index (χ1) is 9.38. The molecule has 1 N–H and O–H groups in total. The Morgan fingerprint density at radius 3 is 2.63 bits per heavy atom. The van der Waals surface area contributed by atoms with E-state index in [4.69, 9.17) is 9.47 Å². The molecule has 4 nitrogen and oxygen atoms in total. The van der Waals surface area contributed by atoms with E-state index in [-0.39, 0.29) is 18.8 Å². The number of rotatable bonds is 3. The van der Waals surface area contributed by atoms with Gasteiger partial charge in [-0.3, -0.25) is 4.90 Å². The van der Waals surface area contributed by atoms with E-state index in [1.807, 2.05) is 24.3 Å². The standard InChI is InChI=1S/C15H21NO3/c17-10-12(16-8-4-1-5-9-16)15-11-18-13-6-2-3-7-14(13)19-15/h2-3,6-7,12,15,17H,1,4-5,8-11H2. The van der Waals surface area contributed by atoms with Gasteiger partial charge in [-0.2, -0.15) is 0 Å². The number of ether oxygens (including phenoxy) is 2. The lowest BCUT2D eigenvalue weighted by molar-refractivity contribution is -0.0159. The Labute approximate surface area is 113 Å². The number of para-hydroxylation sites is 2. The smallest absolute Gasteiger partial charge is 0.161 e. The summed E-state index contributed by atoms with van der Waals surface area (Å²) < 4.78 is 11.8. The number of aliphatic hydroxyl groups is 1. The van der Waals surface area contributed by atoms with Crippen molar-refractivity contribution in [1.29, 1.82) is 0 Å². The number of nitrogens with zero attached hydrogens (tertiary/aromatic N) is 1. The molecule has 3 rings (SSSR count). The summed E-state index contributed by atoms with van der Waals surface area (Å²) in [5.41, 5.74) is 0. The minimum absolute atomic E-state index is 0.0358. The first kappa shape index (κ1) is 12.8. The lowest BCUT2D eigenvalue weighted by Crippen LogP contribution is -2.53. The van der Waals surface area contributed by atoms with Crippen molar-refractivity contribution in [2.24, 2.45) is 0 Å². The number of benzene rings is 1. The topological polar surface area (TPSA) is 41.9 Å². The fourth-order valence-corrected chi connectivity index (χ4v) is 2.94. The maximum Gasteiger partial charge on any atom is 0.161 e. The summed E-state index contributed by atoms with van der Waals surface area (Å²) in [6.07, 6.45) is 3.62. The fraction of sp³-hybridized carbons (Fsp3) is 0.600. The average molecular weight is 263 g/mol. The predicted molar refractivity (Wildman–Crippen MR) is 72.7 cm³/mol. The van der Waals surface area contributed by atoms with Crippen molar-refractivity contribution in [3.8, 4) is 11.5 Å². The molecule has 0 spiro atoms. The van der Waals surface area contributed by atoms with Gasteiger partial charge in [-0.1, -0.05) is 18.6 Å². The molecule has 2 atom stereocenters. The van der Waals surface area contributed by atoms with Gasteiger partial charge in [-0.15, -0.1) is 0 Å². The van der Waals surface area contributed by atoms with Crippen molar-refractivity contribution >= 4 is 0 Å². The van der Waals surface area contributed by atoms with Gasteiger partial charge in [0.15, 0.2) is 17.6 Å². The highest BCUT2D eigenvalue weighted by atomic mass is 16.6. The van der Waals surface area contributed by atoms with Crippen LogP contribution in [0.1, 0.15) is 19.3 Å². The van der Waals surface area contributed by atoms with Crippen LogP contribution in [0.3, 0.4) is 0 Å². The molecule has 1 saturated heterocycles. The van der Waals surface area contributed by atoms with Gasteiger partial charge in [0.25, 0.3) is 0 Å². The molecule has 0 aliphatic carbocycles. The highest BCUT2D eigenvalue weighted by Crippen LogP contribution is 2.32. The van der Waals surface area contributed by atoms with E-state index < -0.39 is 0 Å². The minimum Gasteiger partial charge on any atom is -0.486 e. The Morgan fingerprint density at radius 2 is 1.89 bits per heavy atom. The Morgan fingerprint density at radius 1 is 1.16 bits per heavy atom. The first-order valence-corrected chi connectivity index (χ1v) is 7.12. The largest absolute Gasteiger partial charge is 0.486 e. The molecule has 19 heavy (non-hydrogen) atoms. The zero-order valence-electron chi connectivity index (χ0n) is 11.1. The third-order valence-electron chi connectivity index (χ3n) is 4.01. The molecular formula is C15H21NO3. The van der Waals surface area contributed by atoms with Gasteiger partial charge >= 0.3 is 0 Å². The monoisotopic (exact) mass is 263 g/mol. The predicted octanol–water partition coefficient (Wildman–Crippen LogP) is 1.67. The summed E-state index contributed by atoms with van der Waals surface area (Å²) in [5, 5.41) is 9.70. The highest BCUT2D eigenvalue weighted by molar-refractivity contribution is 5.40. The quantitative estimate of drug-likeness (QED) is 0.901. The molecule has 4 heteroatoms. The van der Waals surface area contributed by atoms with Gasteiger partial charge in [-0.05, 0) is 38.1 Å². The van der Waals surface area contributed by atoms with Crippen molar-refractivity contribution in [3.63, 3.8) is 0 Å². The Bertz CT molecular complexity index is 418. The SMILES string of the molecule is OCC(C1COc2ccccc2O1)N1CCCCC1. The number of hydrogen-bond acceptors (Lipinski definition) is 4. The third-order valence-corrected chi connectivity index (χ3v) is 4.01. The van der Waals surface area contributed by atoms with Gasteiger partial charge in [0.05, 0.1) is 12.6 Å². The molecule has 0 saturated carbocycles. The van der Waals surface area contributed by atoms with Gasteiger partial charge in [0.2, 0.25) is 0 Å². The molecule has 1 aromatic carbocycles. The fourth-order valence-electron chi connectivity index (χ4n) is 2.94. The van der Waals surface area contributed by atoms with Crippen LogP contribution in [0.4, 0.5) is 0 Å². The minimum atomic E-state index is -0.0852. The normalized spacial score (nSPS) is 25.0. The summed E-state index contributed by atoms with van der Waals surface area (Å²) in [4.78, 5) is 2.34. The average Bonchev–Trinajstić information content (AvgIpc) is 2.49. The Kier molecular flexibility index (Phi) is 3.89. The van der Waals surface area contributed by atoms with Crippen LogP contribution in [0.2, 0.25) is 0 Å². The van der Waals surface area contributed by atoms with Crippen LogP contribution < -0.4 is 9.47 Å². The van der Waals surface area contributed by atoms with E-state index in [2.05, 4.69) is 4.90 Å². The van der Waals surface area contributed by atoms with Crippen LogP contribution in [0, 0.1) is 0 Å². The number of piperidine rings is 1. The third kappa shape index (κ3) is 2.69. The zero-order chi connectivity index (χ0) is 13.1. The molecule has 2 unspecified atom stereocenters. The first-order valence-electron chi connectivity index (χ1n) is 7.12. The van der Waals surface area contributed by atoms with E-state index in [9.17, 15) is 5.11 Å². The molecule has 0 amide bonds. The van der Waals surface area contributed by atoms with E-state index in [0.29, 0.717) is 6.61 Å². The molecule has 0 bridgehead atoms. The summed E-state index contributed by atoms with van der Waals surface area (Å²) >= 11 is 0. The second kappa shape index (κ2) is 5.80. The van der Waals surface area contributed by atoms with Crippen molar-refractivity contribution in [1.82, 2.24) is 4.90 Å².